The zero-order valence-corrected chi connectivity index (χ0v) is 13.3. The predicted molar refractivity (Wildman–Crippen MR) is 85.7 cm³/mol. The van der Waals surface area contributed by atoms with Crippen LogP contribution in [0.2, 0.25) is 0 Å². The van der Waals surface area contributed by atoms with Gasteiger partial charge in [0.15, 0.2) is 5.82 Å². The van der Waals surface area contributed by atoms with E-state index in [0.29, 0.717) is 0 Å². The third-order valence-electron chi connectivity index (χ3n) is 3.78. The van der Waals surface area contributed by atoms with Crippen molar-refractivity contribution >= 4 is 27.5 Å². The van der Waals surface area contributed by atoms with Gasteiger partial charge in [-0.15, -0.1) is 0 Å². The molecule has 2 atom stereocenters. The molecular formula is C16H15BrN4. The summed E-state index contributed by atoms with van der Waals surface area (Å²) in [5.74, 6) is 0.541. The lowest BCUT2D eigenvalue weighted by Gasteiger charge is -2.27. The molecule has 2 heterocycles. The zero-order chi connectivity index (χ0) is 14.8. The molecule has 5 heteroatoms. The molecule has 21 heavy (non-hydrogen) atoms. The maximum absolute atomic E-state index is 9.68. The van der Waals surface area contributed by atoms with E-state index in [-0.39, 0.29) is 11.8 Å². The summed E-state index contributed by atoms with van der Waals surface area (Å²) < 4.78 is 1.02. The first-order valence-electron chi connectivity index (χ1n) is 7.00. The van der Waals surface area contributed by atoms with Gasteiger partial charge in [-0.3, -0.25) is 5.10 Å². The molecule has 0 spiro atoms. The Balaban J connectivity index is 2.14. The number of H-pyrrole nitrogens is 1. The number of nitrogens with zero attached hydrogens (tertiary/aromatic N) is 3. The highest BCUT2D eigenvalue weighted by molar-refractivity contribution is 9.10. The Morgan fingerprint density at radius 1 is 1.43 bits per heavy atom. The molecule has 0 bridgehead atoms. The highest BCUT2D eigenvalue weighted by Gasteiger charge is 2.35. The van der Waals surface area contributed by atoms with Gasteiger partial charge in [-0.05, 0) is 24.1 Å². The van der Waals surface area contributed by atoms with Crippen LogP contribution in [0.4, 0.5) is 5.82 Å². The van der Waals surface area contributed by atoms with Crippen molar-refractivity contribution in [2.75, 3.05) is 0 Å². The lowest BCUT2D eigenvalue weighted by molar-refractivity contribution is 0.699. The molecule has 0 fully saturated rings. The molecule has 1 aliphatic heterocycles. The van der Waals surface area contributed by atoms with Gasteiger partial charge in [-0.2, -0.15) is 10.4 Å². The van der Waals surface area contributed by atoms with Crippen LogP contribution < -0.4 is 0 Å². The van der Waals surface area contributed by atoms with Gasteiger partial charge in [0, 0.05) is 21.7 Å². The van der Waals surface area contributed by atoms with Crippen molar-refractivity contribution < 1.29 is 0 Å². The van der Waals surface area contributed by atoms with Gasteiger partial charge >= 0.3 is 0 Å². The minimum absolute atomic E-state index is 0.0136. The van der Waals surface area contributed by atoms with E-state index in [4.69, 9.17) is 0 Å². The van der Waals surface area contributed by atoms with Crippen LogP contribution in [0.1, 0.15) is 36.8 Å². The van der Waals surface area contributed by atoms with Crippen molar-refractivity contribution in [3.8, 4) is 6.07 Å². The van der Waals surface area contributed by atoms with Gasteiger partial charge in [0.25, 0.3) is 0 Å². The van der Waals surface area contributed by atoms with Crippen LogP contribution in [0.15, 0.2) is 39.9 Å². The highest BCUT2D eigenvalue weighted by atomic mass is 79.9. The smallest absolute Gasteiger partial charge is 0.151 e. The maximum atomic E-state index is 9.68. The van der Waals surface area contributed by atoms with Gasteiger partial charge in [0.05, 0.1) is 18.2 Å². The van der Waals surface area contributed by atoms with Gasteiger partial charge in [0.1, 0.15) is 0 Å². The van der Waals surface area contributed by atoms with Crippen molar-refractivity contribution in [3.63, 3.8) is 0 Å². The third-order valence-corrected chi connectivity index (χ3v) is 4.28. The molecule has 2 unspecified atom stereocenters. The largest absolute Gasteiger partial charge is 0.261 e. The van der Waals surface area contributed by atoms with E-state index in [9.17, 15) is 5.26 Å². The first-order chi connectivity index (χ1) is 10.2. The predicted octanol–water partition coefficient (Wildman–Crippen LogP) is 4.33. The number of fused-ring (bicyclic) bond motifs is 1. The highest BCUT2D eigenvalue weighted by Crippen LogP contribution is 2.42. The Morgan fingerprint density at radius 2 is 2.29 bits per heavy atom. The SMILES string of the molecule is CCCC1=Nc2[nH]ncc2C(c2cccc(Br)c2)C1C#N. The molecule has 3 rings (SSSR count). The third kappa shape index (κ3) is 2.52. The van der Waals surface area contributed by atoms with Crippen LogP contribution >= 0.6 is 15.9 Å². The molecule has 2 aromatic rings. The molecule has 1 aliphatic rings. The number of nitriles is 1. The Bertz CT molecular complexity index is 726. The Morgan fingerprint density at radius 3 is 3.00 bits per heavy atom. The summed E-state index contributed by atoms with van der Waals surface area (Å²) in [5, 5.41) is 16.7. The maximum Gasteiger partial charge on any atom is 0.151 e. The second-order valence-corrected chi connectivity index (χ2v) is 6.08. The summed E-state index contributed by atoms with van der Waals surface area (Å²) in [6.07, 6.45) is 3.60. The number of nitrogens with one attached hydrogen (secondary N) is 1. The lowest BCUT2D eigenvalue weighted by atomic mass is 9.77. The molecule has 106 valence electrons. The number of aromatic nitrogens is 2. The second kappa shape index (κ2) is 5.82. The summed E-state index contributed by atoms with van der Waals surface area (Å²) in [6.45, 7) is 2.10. The molecular weight excluding hydrogens is 328 g/mol. The van der Waals surface area contributed by atoms with Gasteiger partial charge in [-0.25, -0.2) is 4.99 Å². The molecule has 0 amide bonds. The summed E-state index contributed by atoms with van der Waals surface area (Å²) in [6, 6.07) is 10.6. The molecule has 0 saturated carbocycles. The van der Waals surface area contributed by atoms with Crippen LogP contribution in [0.25, 0.3) is 0 Å². The molecule has 0 aliphatic carbocycles. The van der Waals surface area contributed by atoms with Crippen LogP contribution in [-0.4, -0.2) is 15.9 Å². The van der Waals surface area contributed by atoms with Crippen molar-refractivity contribution in [1.29, 1.82) is 5.26 Å². The van der Waals surface area contributed by atoms with E-state index in [1.807, 2.05) is 12.1 Å². The number of rotatable bonds is 3. The van der Waals surface area contributed by atoms with E-state index in [1.165, 1.54) is 0 Å². The number of halogens is 1. The molecule has 0 radical (unpaired) electrons. The summed E-state index contributed by atoms with van der Waals surface area (Å²) in [7, 11) is 0. The van der Waals surface area contributed by atoms with Crippen molar-refractivity contribution in [2.45, 2.75) is 25.7 Å². The molecule has 1 N–H and O–H groups in total. The van der Waals surface area contributed by atoms with Crippen molar-refractivity contribution in [1.82, 2.24) is 10.2 Å². The fourth-order valence-electron chi connectivity index (χ4n) is 2.88. The number of hydrogen-bond acceptors (Lipinski definition) is 3. The molecule has 0 saturated heterocycles. The van der Waals surface area contributed by atoms with Gasteiger partial charge in [-0.1, -0.05) is 41.4 Å². The normalized spacial score (nSPS) is 20.5. The minimum Gasteiger partial charge on any atom is -0.261 e. The number of aromatic amines is 1. The summed E-state index contributed by atoms with van der Waals surface area (Å²) >= 11 is 3.51. The van der Waals surface area contributed by atoms with Crippen molar-refractivity contribution in [2.24, 2.45) is 10.9 Å². The first-order valence-corrected chi connectivity index (χ1v) is 7.79. The van der Waals surface area contributed by atoms with E-state index in [2.05, 4.69) is 56.2 Å². The summed E-state index contributed by atoms with van der Waals surface area (Å²) in [5.41, 5.74) is 3.06. The second-order valence-electron chi connectivity index (χ2n) is 5.17. The van der Waals surface area contributed by atoms with E-state index in [0.717, 1.165) is 40.0 Å². The van der Waals surface area contributed by atoms with Gasteiger partial charge in [0.2, 0.25) is 0 Å². The van der Waals surface area contributed by atoms with Crippen LogP contribution in [0.5, 0.6) is 0 Å². The van der Waals surface area contributed by atoms with Crippen LogP contribution in [0.3, 0.4) is 0 Å². The molecule has 1 aromatic heterocycles. The first kappa shape index (κ1) is 14.0. The van der Waals surface area contributed by atoms with Crippen molar-refractivity contribution in [3.05, 3.63) is 46.1 Å². The van der Waals surface area contributed by atoms with E-state index in [1.54, 1.807) is 6.20 Å². The Labute approximate surface area is 132 Å². The van der Waals surface area contributed by atoms with Gasteiger partial charge < -0.3 is 0 Å². The fourth-order valence-corrected chi connectivity index (χ4v) is 3.30. The Hall–Kier alpha value is -1.93. The number of aliphatic imine (C=N–C) groups is 1. The van der Waals surface area contributed by atoms with E-state index >= 15 is 0 Å². The zero-order valence-electron chi connectivity index (χ0n) is 11.7. The molecule has 1 aromatic carbocycles. The summed E-state index contributed by atoms with van der Waals surface area (Å²) in [4.78, 5) is 4.61. The average Bonchev–Trinajstić information content (AvgIpc) is 2.94. The average molecular weight is 343 g/mol. The lowest BCUT2D eigenvalue weighted by Crippen LogP contribution is -2.25. The minimum atomic E-state index is -0.232. The fraction of sp³-hybridized carbons (Fsp3) is 0.312. The van der Waals surface area contributed by atoms with Crippen LogP contribution in [-0.2, 0) is 0 Å². The number of hydrogen-bond donors (Lipinski definition) is 1. The van der Waals surface area contributed by atoms with Crippen LogP contribution in [0, 0.1) is 17.2 Å². The quantitative estimate of drug-likeness (QED) is 0.901. The monoisotopic (exact) mass is 342 g/mol. The topological polar surface area (TPSA) is 64.8 Å². The molecule has 4 nitrogen and oxygen atoms in total. The standard InChI is InChI=1S/C16H15BrN4/c1-2-4-14-12(8-18)15(10-5-3-6-11(17)7-10)13-9-19-21-16(13)20-14/h3,5-7,9,12,15H,2,4H2,1H3,(H,19,21). The Kier molecular flexibility index (Phi) is 3.89. The number of benzene rings is 1. The van der Waals surface area contributed by atoms with E-state index < -0.39 is 0 Å².